The van der Waals surface area contributed by atoms with Crippen LogP contribution in [0, 0.1) is 0 Å². The van der Waals surface area contributed by atoms with E-state index in [1.165, 1.54) is 18.4 Å². The van der Waals surface area contributed by atoms with E-state index in [2.05, 4.69) is 30.3 Å². The topological polar surface area (TPSA) is 26.3 Å². The normalized spacial score (nSPS) is 10.5. The van der Waals surface area contributed by atoms with E-state index in [-0.39, 0.29) is 5.24 Å². The Balaban J connectivity index is 1.58. The number of ether oxygens (including phenoxy) is 1. The average Bonchev–Trinajstić information content (AvgIpc) is 2.58. The third-order valence-electron chi connectivity index (χ3n) is 3.75. The first-order valence-electron chi connectivity index (χ1n) is 8.18. The van der Waals surface area contributed by atoms with Crippen LogP contribution in [0.3, 0.4) is 0 Å². The van der Waals surface area contributed by atoms with Crippen LogP contribution in [0.4, 0.5) is 0 Å². The molecule has 2 aromatic carbocycles. The lowest BCUT2D eigenvalue weighted by Gasteiger charge is -2.07. The lowest BCUT2D eigenvalue weighted by molar-refractivity contribution is -0.111. The maximum absolute atomic E-state index is 10.7. The molecule has 0 unspecified atom stereocenters. The van der Waals surface area contributed by atoms with E-state index >= 15 is 0 Å². The summed E-state index contributed by atoms with van der Waals surface area (Å²) in [4.78, 5) is 10.7. The van der Waals surface area contributed by atoms with Gasteiger partial charge in [0.25, 0.3) is 0 Å². The summed E-state index contributed by atoms with van der Waals surface area (Å²) < 4.78 is 5.75. The first kappa shape index (κ1) is 17.6. The minimum atomic E-state index is -0.291. The minimum Gasteiger partial charge on any atom is -0.494 e. The maximum Gasteiger partial charge on any atom is 0.221 e. The van der Waals surface area contributed by atoms with Crippen molar-refractivity contribution in [2.45, 2.75) is 38.5 Å². The number of hydrogen-bond acceptors (Lipinski definition) is 2. The third-order valence-corrected chi connectivity index (χ3v) is 3.94. The van der Waals surface area contributed by atoms with Gasteiger partial charge in [0.2, 0.25) is 5.24 Å². The highest BCUT2D eigenvalue weighted by atomic mass is 35.5. The molecule has 0 N–H and O–H groups in total. The molecule has 0 aliphatic heterocycles. The molecular formula is C20H23ClO2. The second-order valence-corrected chi connectivity index (χ2v) is 6.07. The number of aryl methyl sites for hydroxylation is 2. The molecule has 122 valence electrons. The summed E-state index contributed by atoms with van der Waals surface area (Å²) >= 11 is 5.34. The molecule has 0 aliphatic carbocycles. The number of benzene rings is 2. The van der Waals surface area contributed by atoms with Crippen molar-refractivity contribution >= 4 is 16.8 Å². The molecule has 23 heavy (non-hydrogen) atoms. The van der Waals surface area contributed by atoms with Gasteiger partial charge in [-0.2, -0.15) is 0 Å². The van der Waals surface area contributed by atoms with Crippen molar-refractivity contribution in [1.29, 1.82) is 0 Å². The van der Waals surface area contributed by atoms with Crippen LogP contribution in [0.25, 0.3) is 0 Å². The Morgan fingerprint density at radius 2 is 1.52 bits per heavy atom. The highest BCUT2D eigenvalue weighted by Crippen LogP contribution is 2.15. The van der Waals surface area contributed by atoms with Crippen molar-refractivity contribution < 1.29 is 9.53 Å². The van der Waals surface area contributed by atoms with E-state index < -0.39 is 0 Å². The van der Waals surface area contributed by atoms with Gasteiger partial charge in [0.1, 0.15) is 5.75 Å². The molecule has 0 aliphatic rings. The molecular weight excluding hydrogens is 308 g/mol. The number of rotatable bonds is 10. The molecule has 0 aromatic heterocycles. The Hall–Kier alpha value is -1.80. The average molecular weight is 331 g/mol. The van der Waals surface area contributed by atoms with E-state index in [0.717, 1.165) is 30.8 Å². The molecule has 0 fully saturated rings. The van der Waals surface area contributed by atoms with Gasteiger partial charge in [-0.25, -0.2) is 0 Å². The summed E-state index contributed by atoms with van der Waals surface area (Å²) in [6, 6.07) is 18.5. The van der Waals surface area contributed by atoms with Crippen LogP contribution in [-0.4, -0.2) is 11.8 Å². The number of halogens is 1. The Morgan fingerprint density at radius 1 is 0.826 bits per heavy atom. The van der Waals surface area contributed by atoms with E-state index in [1.54, 1.807) is 0 Å². The van der Waals surface area contributed by atoms with Gasteiger partial charge in [0, 0.05) is 6.42 Å². The molecule has 3 heteroatoms. The number of carbonyl (C=O) groups excluding carboxylic acids is 1. The zero-order valence-corrected chi connectivity index (χ0v) is 14.1. The van der Waals surface area contributed by atoms with Crippen molar-refractivity contribution in [2.75, 3.05) is 6.61 Å². The summed E-state index contributed by atoms with van der Waals surface area (Å²) in [6.07, 6.45) is 5.62. The molecule has 2 nitrogen and oxygen atoms in total. The van der Waals surface area contributed by atoms with Crippen molar-refractivity contribution in [1.82, 2.24) is 0 Å². The second-order valence-electron chi connectivity index (χ2n) is 5.64. The van der Waals surface area contributed by atoms with E-state index in [4.69, 9.17) is 16.3 Å². The Labute approximate surface area is 143 Å². The number of carbonyl (C=O) groups is 1. The molecule has 0 heterocycles. The highest BCUT2D eigenvalue weighted by molar-refractivity contribution is 6.63. The summed E-state index contributed by atoms with van der Waals surface area (Å²) in [5.74, 6) is 0.883. The largest absolute Gasteiger partial charge is 0.494 e. The first-order valence-corrected chi connectivity index (χ1v) is 8.56. The molecule has 0 radical (unpaired) electrons. The fraction of sp³-hybridized carbons (Fsp3) is 0.350. The first-order chi connectivity index (χ1) is 11.2. The fourth-order valence-corrected chi connectivity index (χ4v) is 2.53. The summed E-state index contributed by atoms with van der Waals surface area (Å²) in [6.45, 7) is 0.744. The van der Waals surface area contributed by atoms with Crippen LogP contribution in [-0.2, 0) is 17.6 Å². The van der Waals surface area contributed by atoms with Crippen LogP contribution >= 0.6 is 11.6 Å². The van der Waals surface area contributed by atoms with Crippen molar-refractivity contribution in [3.63, 3.8) is 0 Å². The zero-order chi connectivity index (χ0) is 16.3. The predicted octanol–water partition coefficient (Wildman–Crippen LogP) is 5.18. The van der Waals surface area contributed by atoms with Crippen LogP contribution < -0.4 is 4.74 Å². The Morgan fingerprint density at radius 3 is 2.22 bits per heavy atom. The fourth-order valence-electron chi connectivity index (χ4n) is 2.44. The highest BCUT2D eigenvalue weighted by Gasteiger charge is 2.00. The molecule has 2 aromatic rings. The molecule has 0 saturated heterocycles. The van der Waals surface area contributed by atoms with Gasteiger partial charge in [0.05, 0.1) is 6.61 Å². The van der Waals surface area contributed by atoms with Crippen LogP contribution in [0.5, 0.6) is 5.75 Å². The van der Waals surface area contributed by atoms with Crippen LogP contribution in [0.2, 0.25) is 0 Å². The van der Waals surface area contributed by atoms with E-state index in [9.17, 15) is 4.79 Å². The monoisotopic (exact) mass is 330 g/mol. The molecule has 0 spiro atoms. The summed E-state index contributed by atoms with van der Waals surface area (Å²) in [5.41, 5.74) is 2.51. The van der Waals surface area contributed by atoms with Gasteiger partial charge >= 0.3 is 0 Å². The standard InChI is InChI=1S/C20H23ClO2/c21-20(22)15-12-18-10-13-19(14-11-18)23-16-6-2-5-9-17-7-3-1-4-8-17/h1,3-4,7-8,10-11,13-14H,2,5-6,9,12,15-16H2. The van der Waals surface area contributed by atoms with E-state index in [1.807, 2.05) is 24.3 Å². The lowest BCUT2D eigenvalue weighted by Crippen LogP contribution is -1.98. The van der Waals surface area contributed by atoms with E-state index in [0.29, 0.717) is 12.8 Å². The maximum atomic E-state index is 10.7. The van der Waals surface area contributed by atoms with Gasteiger partial charge in [0.15, 0.2) is 0 Å². The van der Waals surface area contributed by atoms with Crippen molar-refractivity contribution in [3.8, 4) is 5.75 Å². The number of hydrogen-bond donors (Lipinski definition) is 0. The summed E-state index contributed by atoms with van der Waals surface area (Å²) in [5, 5.41) is -0.291. The summed E-state index contributed by atoms with van der Waals surface area (Å²) in [7, 11) is 0. The van der Waals surface area contributed by atoms with Crippen LogP contribution in [0.1, 0.15) is 36.8 Å². The molecule has 0 bridgehead atoms. The number of unbranched alkanes of at least 4 members (excludes halogenated alkanes) is 2. The molecule has 0 saturated carbocycles. The van der Waals surface area contributed by atoms with Crippen molar-refractivity contribution in [3.05, 3.63) is 65.7 Å². The SMILES string of the molecule is O=C(Cl)CCc1ccc(OCCCCCc2ccccc2)cc1. The lowest BCUT2D eigenvalue weighted by atomic mass is 10.1. The van der Waals surface area contributed by atoms with Gasteiger partial charge in [-0.05, 0) is 67.0 Å². The second kappa shape index (κ2) is 10.1. The zero-order valence-electron chi connectivity index (χ0n) is 13.3. The van der Waals surface area contributed by atoms with Crippen molar-refractivity contribution in [2.24, 2.45) is 0 Å². The molecule has 0 amide bonds. The van der Waals surface area contributed by atoms with Gasteiger partial charge in [-0.1, -0.05) is 42.5 Å². The van der Waals surface area contributed by atoms with Gasteiger partial charge < -0.3 is 4.74 Å². The molecule has 0 atom stereocenters. The Kier molecular flexibility index (Phi) is 7.68. The van der Waals surface area contributed by atoms with Crippen LogP contribution in [0.15, 0.2) is 54.6 Å². The van der Waals surface area contributed by atoms with Gasteiger partial charge in [-0.15, -0.1) is 0 Å². The Bertz CT molecular complexity index is 578. The third kappa shape index (κ3) is 7.34. The van der Waals surface area contributed by atoms with Gasteiger partial charge in [-0.3, -0.25) is 4.79 Å². The quantitative estimate of drug-likeness (QED) is 0.443. The minimum absolute atomic E-state index is 0.291. The molecule has 2 rings (SSSR count). The predicted molar refractivity (Wildman–Crippen MR) is 95.1 cm³/mol. The smallest absolute Gasteiger partial charge is 0.221 e.